The fourth-order valence-electron chi connectivity index (χ4n) is 0.622. The normalized spacial score (nSPS) is 16.8. The predicted octanol–water partition coefficient (Wildman–Crippen LogP) is -0.272. The minimum absolute atomic E-state index is 0.249. The van der Waals surface area contributed by atoms with Gasteiger partial charge in [-0.3, -0.25) is 0 Å². The van der Waals surface area contributed by atoms with Crippen molar-refractivity contribution in [2.24, 2.45) is 0 Å². The second kappa shape index (κ2) is 5.65. The maximum atomic E-state index is 8.82. The Kier molecular flexibility index (Phi) is 5.58. The molecule has 0 amide bonds. The van der Waals surface area contributed by atoms with Crippen LogP contribution in [0.2, 0.25) is 0 Å². The summed E-state index contributed by atoms with van der Waals surface area (Å²) in [5.41, 5.74) is 0. The third-order valence-corrected chi connectivity index (χ3v) is 1.18. The Bertz CT molecular complexity index is 64.0. The molecule has 62 valence electrons. The molecule has 0 aliphatic heterocycles. The van der Waals surface area contributed by atoms with Crippen LogP contribution in [-0.2, 0) is 0 Å². The molecule has 0 aromatic rings. The Labute approximate surface area is 62.1 Å². The van der Waals surface area contributed by atoms with Gasteiger partial charge in [-0.2, -0.15) is 0 Å². The lowest BCUT2D eigenvalue weighted by Crippen LogP contribution is -2.26. The summed E-state index contributed by atoms with van der Waals surface area (Å²) < 4.78 is 0. The molecule has 0 saturated heterocycles. The Hall–Kier alpha value is -0.120. The highest BCUT2D eigenvalue weighted by molar-refractivity contribution is 4.54. The lowest BCUT2D eigenvalue weighted by Gasteiger charge is -2.07. The van der Waals surface area contributed by atoms with Gasteiger partial charge < -0.3 is 15.5 Å². The van der Waals surface area contributed by atoms with Gasteiger partial charge in [0.25, 0.3) is 0 Å². The molecule has 0 bridgehead atoms. The van der Waals surface area contributed by atoms with Crippen LogP contribution in [0.5, 0.6) is 0 Å². The van der Waals surface area contributed by atoms with Crippen molar-refractivity contribution in [3.63, 3.8) is 0 Å². The summed E-state index contributed by atoms with van der Waals surface area (Å²) in [4.78, 5) is 0. The number of nitrogens with one attached hydrogen (secondary N) is 1. The molecule has 0 aliphatic rings. The zero-order valence-electron chi connectivity index (χ0n) is 6.67. The van der Waals surface area contributed by atoms with Gasteiger partial charge in [0.15, 0.2) is 0 Å². The average molecular weight is 147 g/mol. The molecule has 0 radical (unpaired) electrons. The zero-order chi connectivity index (χ0) is 7.98. The van der Waals surface area contributed by atoms with Crippen LogP contribution in [-0.4, -0.2) is 35.5 Å². The van der Waals surface area contributed by atoms with E-state index in [-0.39, 0.29) is 12.2 Å². The van der Waals surface area contributed by atoms with E-state index < -0.39 is 0 Å². The number of hydrogen-bond acceptors (Lipinski definition) is 3. The minimum Gasteiger partial charge on any atom is -0.393 e. The highest BCUT2D eigenvalue weighted by Gasteiger charge is 1.96. The van der Waals surface area contributed by atoms with Crippen molar-refractivity contribution >= 4 is 0 Å². The molecule has 3 heteroatoms. The van der Waals surface area contributed by atoms with Crippen molar-refractivity contribution in [1.29, 1.82) is 0 Å². The van der Waals surface area contributed by atoms with Gasteiger partial charge >= 0.3 is 0 Å². The monoisotopic (exact) mass is 147 g/mol. The molecule has 2 atom stereocenters. The molecule has 0 heterocycles. The molecule has 0 saturated carbocycles. The summed E-state index contributed by atoms with van der Waals surface area (Å²) in [5, 5.41) is 20.6. The first-order chi connectivity index (χ1) is 4.63. The molecule has 1 unspecified atom stereocenters. The molecule has 3 N–H and O–H groups in total. The quantitative estimate of drug-likeness (QED) is 0.469. The van der Waals surface area contributed by atoms with Crippen molar-refractivity contribution in [3.8, 4) is 0 Å². The van der Waals surface area contributed by atoms with Crippen molar-refractivity contribution in [1.82, 2.24) is 5.32 Å². The number of aliphatic hydroxyl groups is 2. The highest BCUT2D eigenvalue weighted by atomic mass is 16.3. The SMILES string of the molecule is CC(O)CCNC[C@H](C)O. The molecule has 0 aliphatic carbocycles. The second-order valence-corrected chi connectivity index (χ2v) is 2.69. The van der Waals surface area contributed by atoms with Crippen LogP contribution < -0.4 is 5.32 Å². The van der Waals surface area contributed by atoms with Gasteiger partial charge in [0, 0.05) is 6.54 Å². The molecule has 0 spiro atoms. The van der Waals surface area contributed by atoms with Gasteiger partial charge in [-0.1, -0.05) is 0 Å². The van der Waals surface area contributed by atoms with Crippen LogP contribution in [0.15, 0.2) is 0 Å². The molecular formula is C7H17NO2. The van der Waals surface area contributed by atoms with Crippen molar-refractivity contribution < 1.29 is 10.2 Å². The van der Waals surface area contributed by atoms with Crippen LogP contribution in [0.3, 0.4) is 0 Å². The van der Waals surface area contributed by atoms with Gasteiger partial charge in [0.2, 0.25) is 0 Å². The van der Waals surface area contributed by atoms with Crippen LogP contribution in [0.4, 0.5) is 0 Å². The largest absolute Gasteiger partial charge is 0.393 e. The van der Waals surface area contributed by atoms with Crippen molar-refractivity contribution in [2.75, 3.05) is 13.1 Å². The van der Waals surface area contributed by atoms with E-state index in [9.17, 15) is 0 Å². The van der Waals surface area contributed by atoms with Gasteiger partial charge in [-0.05, 0) is 26.8 Å². The van der Waals surface area contributed by atoms with E-state index in [0.717, 1.165) is 13.0 Å². The summed E-state index contributed by atoms with van der Waals surface area (Å²) in [6, 6.07) is 0. The van der Waals surface area contributed by atoms with E-state index >= 15 is 0 Å². The van der Waals surface area contributed by atoms with E-state index in [1.807, 2.05) is 0 Å². The van der Waals surface area contributed by atoms with E-state index in [4.69, 9.17) is 10.2 Å². The van der Waals surface area contributed by atoms with Crippen LogP contribution >= 0.6 is 0 Å². The fourth-order valence-corrected chi connectivity index (χ4v) is 0.622. The number of aliphatic hydroxyl groups excluding tert-OH is 2. The lowest BCUT2D eigenvalue weighted by molar-refractivity contribution is 0.171. The smallest absolute Gasteiger partial charge is 0.0636 e. The van der Waals surface area contributed by atoms with Crippen molar-refractivity contribution in [2.45, 2.75) is 32.5 Å². The van der Waals surface area contributed by atoms with E-state index in [1.54, 1.807) is 13.8 Å². The number of rotatable bonds is 5. The van der Waals surface area contributed by atoms with Crippen LogP contribution in [0.1, 0.15) is 20.3 Å². The minimum atomic E-state index is -0.297. The number of hydrogen-bond donors (Lipinski definition) is 3. The summed E-state index contributed by atoms with van der Waals surface area (Å²) in [6.45, 7) is 4.86. The first-order valence-corrected chi connectivity index (χ1v) is 3.69. The summed E-state index contributed by atoms with van der Waals surface area (Å²) in [7, 11) is 0. The van der Waals surface area contributed by atoms with Gasteiger partial charge in [-0.25, -0.2) is 0 Å². The molecular weight excluding hydrogens is 130 g/mol. The molecule has 0 rings (SSSR count). The summed E-state index contributed by atoms with van der Waals surface area (Å²) in [5.74, 6) is 0. The molecule has 0 fully saturated rings. The second-order valence-electron chi connectivity index (χ2n) is 2.69. The molecule has 3 nitrogen and oxygen atoms in total. The zero-order valence-corrected chi connectivity index (χ0v) is 6.67. The average Bonchev–Trinajstić information content (AvgIpc) is 1.79. The summed E-state index contributed by atoms with van der Waals surface area (Å²) in [6.07, 6.45) is 0.197. The van der Waals surface area contributed by atoms with Gasteiger partial charge in [-0.15, -0.1) is 0 Å². The fraction of sp³-hybridized carbons (Fsp3) is 1.00. The van der Waals surface area contributed by atoms with Crippen molar-refractivity contribution in [3.05, 3.63) is 0 Å². The Morgan fingerprint density at radius 3 is 2.20 bits per heavy atom. The maximum absolute atomic E-state index is 8.82. The Morgan fingerprint density at radius 1 is 1.20 bits per heavy atom. The van der Waals surface area contributed by atoms with Crippen LogP contribution in [0.25, 0.3) is 0 Å². The Morgan fingerprint density at radius 2 is 1.80 bits per heavy atom. The highest BCUT2D eigenvalue weighted by Crippen LogP contribution is 1.85. The van der Waals surface area contributed by atoms with Crippen LogP contribution in [0, 0.1) is 0 Å². The molecule has 10 heavy (non-hydrogen) atoms. The topological polar surface area (TPSA) is 52.5 Å². The summed E-state index contributed by atoms with van der Waals surface area (Å²) >= 11 is 0. The third-order valence-electron chi connectivity index (χ3n) is 1.18. The van der Waals surface area contributed by atoms with E-state index in [0.29, 0.717) is 6.54 Å². The third kappa shape index (κ3) is 7.88. The van der Waals surface area contributed by atoms with E-state index in [1.165, 1.54) is 0 Å². The Balaban J connectivity index is 2.91. The van der Waals surface area contributed by atoms with E-state index in [2.05, 4.69) is 5.32 Å². The van der Waals surface area contributed by atoms with Gasteiger partial charge in [0.1, 0.15) is 0 Å². The standard InChI is InChI=1S/C7H17NO2/c1-6(9)3-4-8-5-7(2)10/h6-10H,3-5H2,1-2H3/t6?,7-/m0/s1. The lowest BCUT2D eigenvalue weighted by atomic mass is 10.3. The first kappa shape index (κ1) is 9.88. The van der Waals surface area contributed by atoms with Gasteiger partial charge in [0.05, 0.1) is 12.2 Å². The first-order valence-electron chi connectivity index (χ1n) is 3.69. The molecule has 0 aromatic heterocycles. The molecule has 0 aromatic carbocycles. The predicted molar refractivity (Wildman–Crippen MR) is 40.8 cm³/mol. The maximum Gasteiger partial charge on any atom is 0.0636 e.